The minimum absolute atomic E-state index is 0.253. The van der Waals surface area contributed by atoms with E-state index in [4.69, 9.17) is 4.74 Å². The predicted octanol–water partition coefficient (Wildman–Crippen LogP) is 0.957. The molecule has 2 rings (SSSR count). The van der Waals surface area contributed by atoms with Crippen LogP contribution in [0.2, 0.25) is 0 Å². The fourth-order valence-electron chi connectivity index (χ4n) is 2.47. The maximum absolute atomic E-state index is 12.8. The molecule has 1 aliphatic heterocycles. The van der Waals surface area contributed by atoms with E-state index in [0.29, 0.717) is 38.5 Å². The third-order valence-corrected chi connectivity index (χ3v) is 3.82. The summed E-state index contributed by atoms with van der Waals surface area (Å²) in [5.74, 6) is 0.108. The molecule has 21 heavy (non-hydrogen) atoms. The maximum atomic E-state index is 12.8. The fourth-order valence-corrected chi connectivity index (χ4v) is 2.47. The Morgan fingerprint density at radius 3 is 2.62 bits per heavy atom. The number of esters is 1. The number of nitrogens with zero attached hydrogens (tertiary/aromatic N) is 4. The van der Waals surface area contributed by atoms with E-state index in [1.54, 1.807) is 0 Å². The molecule has 0 aliphatic carbocycles. The Morgan fingerprint density at radius 1 is 1.38 bits per heavy atom. The van der Waals surface area contributed by atoms with Crippen LogP contribution in [0.4, 0.5) is 8.78 Å². The van der Waals surface area contributed by atoms with Crippen molar-refractivity contribution < 1.29 is 18.3 Å². The second kappa shape index (κ2) is 6.95. The van der Waals surface area contributed by atoms with E-state index in [1.807, 2.05) is 11.8 Å². The van der Waals surface area contributed by atoms with Crippen molar-refractivity contribution in [2.75, 3.05) is 33.3 Å². The summed E-state index contributed by atoms with van der Waals surface area (Å²) in [7, 11) is 1.37. The third kappa shape index (κ3) is 3.76. The van der Waals surface area contributed by atoms with Crippen LogP contribution in [-0.4, -0.2) is 64.7 Å². The number of alkyl halides is 2. The van der Waals surface area contributed by atoms with Gasteiger partial charge >= 0.3 is 12.5 Å². The molecule has 1 aliphatic rings. The average Bonchev–Trinajstić information content (AvgIpc) is 2.95. The molecule has 8 heteroatoms. The number of imidazole rings is 1. The van der Waals surface area contributed by atoms with E-state index in [1.165, 1.54) is 19.5 Å². The van der Waals surface area contributed by atoms with Crippen LogP contribution in [0, 0.1) is 0 Å². The summed E-state index contributed by atoms with van der Waals surface area (Å²) in [4.78, 5) is 19.6. The quantitative estimate of drug-likeness (QED) is 0.758. The highest BCUT2D eigenvalue weighted by atomic mass is 19.3. The number of hydrogen-bond acceptors (Lipinski definition) is 5. The monoisotopic (exact) mass is 302 g/mol. The van der Waals surface area contributed by atoms with Gasteiger partial charge in [0, 0.05) is 38.6 Å². The summed E-state index contributed by atoms with van der Waals surface area (Å²) >= 11 is 0. The number of hydrogen-bond donors (Lipinski definition) is 0. The van der Waals surface area contributed by atoms with Gasteiger partial charge in [0.25, 0.3) is 0 Å². The molecular formula is C13H20F2N4O2. The van der Waals surface area contributed by atoms with Gasteiger partial charge in [0.05, 0.1) is 13.7 Å². The van der Waals surface area contributed by atoms with Crippen LogP contribution >= 0.6 is 0 Å². The van der Waals surface area contributed by atoms with Crippen LogP contribution < -0.4 is 0 Å². The smallest absolute Gasteiger partial charge is 0.322 e. The summed E-state index contributed by atoms with van der Waals surface area (Å²) in [5.41, 5.74) is 0. The lowest BCUT2D eigenvalue weighted by Crippen LogP contribution is -2.51. The molecule has 0 bridgehead atoms. The molecule has 1 atom stereocenters. The van der Waals surface area contributed by atoms with Gasteiger partial charge in [-0.15, -0.1) is 0 Å². The Morgan fingerprint density at radius 2 is 2.05 bits per heavy atom. The van der Waals surface area contributed by atoms with Crippen molar-refractivity contribution in [1.29, 1.82) is 0 Å². The Kier molecular flexibility index (Phi) is 5.24. The highest BCUT2D eigenvalue weighted by Gasteiger charge is 2.26. The highest BCUT2D eigenvalue weighted by Crippen LogP contribution is 2.15. The number of methoxy groups -OCH3 is 1. The van der Waals surface area contributed by atoms with Gasteiger partial charge in [0.2, 0.25) is 0 Å². The van der Waals surface area contributed by atoms with Crippen LogP contribution in [0.3, 0.4) is 0 Å². The summed E-state index contributed by atoms with van der Waals surface area (Å²) in [6, 6.07) is -0.278. The summed E-state index contributed by atoms with van der Waals surface area (Å²) in [5, 5.41) is 0. The van der Waals surface area contributed by atoms with Crippen LogP contribution in [0.1, 0.15) is 19.3 Å². The number of ether oxygens (including phenoxy) is 1. The Balaban J connectivity index is 1.87. The second-order valence-electron chi connectivity index (χ2n) is 5.04. The van der Waals surface area contributed by atoms with Gasteiger partial charge in [-0.3, -0.25) is 19.2 Å². The molecule has 0 radical (unpaired) electrons. The van der Waals surface area contributed by atoms with Crippen molar-refractivity contribution in [3.8, 4) is 0 Å². The predicted molar refractivity (Wildman–Crippen MR) is 71.8 cm³/mol. The van der Waals surface area contributed by atoms with Gasteiger partial charge in [-0.2, -0.15) is 8.78 Å². The van der Waals surface area contributed by atoms with Crippen LogP contribution in [-0.2, 0) is 16.1 Å². The first-order valence-electron chi connectivity index (χ1n) is 6.87. The summed E-state index contributed by atoms with van der Waals surface area (Å²) in [6.45, 7) is 2.44. The van der Waals surface area contributed by atoms with Crippen molar-refractivity contribution in [2.45, 2.75) is 26.1 Å². The number of aromatic nitrogens is 2. The highest BCUT2D eigenvalue weighted by molar-refractivity contribution is 5.75. The minimum Gasteiger partial charge on any atom is -0.468 e. The lowest BCUT2D eigenvalue weighted by molar-refractivity contribution is -0.147. The van der Waals surface area contributed by atoms with Gasteiger partial charge in [-0.1, -0.05) is 0 Å². The van der Waals surface area contributed by atoms with Crippen LogP contribution in [0.5, 0.6) is 0 Å². The molecule has 118 valence electrons. The molecule has 2 heterocycles. The summed E-state index contributed by atoms with van der Waals surface area (Å²) < 4.78 is 31.1. The molecule has 0 saturated carbocycles. The first kappa shape index (κ1) is 15.8. The summed E-state index contributed by atoms with van der Waals surface area (Å²) in [6.07, 6.45) is 2.67. The van der Waals surface area contributed by atoms with Gasteiger partial charge in [0.1, 0.15) is 11.9 Å². The second-order valence-corrected chi connectivity index (χ2v) is 5.04. The topological polar surface area (TPSA) is 50.6 Å². The zero-order valence-corrected chi connectivity index (χ0v) is 12.2. The van der Waals surface area contributed by atoms with Crippen molar-refractivity contribution in [3.63, 3.8) is 0 Å². The lowest BCUT2D eigenvalue weighted by atomic mass is 10.2. The molecule has 6 nitrogen and oxygen atoms in total. The minimum atomic E-state index is -2.57. The molecule has 0 N–H and O–H groups in total. The Labute approximate surface area is 122 Å². The third-order valence-electron chi connectivity index (χ3n) is 3.82. The molecule has 1 unspecified atom stereocenters. The lowest BCUT2D eigenvalue weighted by Gasteiger charge is -2.36. The van der Waals surface area contributed by atoms with Gasteiger partial charge in [0.15, 0.2) is 0 Å². The standard InChI is InChI=1S/C13H20F2N4O2/c1-10(12(20)21-2)18-7-5-17(6-8-18)9-11-16-3-4-19(11)13(14)15/h3-4,10,13H,5-9H2,1-2H3. The van der Waals surface area contributed by atoms with E-state index < -0.39 is 6.55 Å². The molecule has 0 aromatic carbocycles. The number of carbonyl (C=O) groups is 1. The van der Waals surface area contributed by atoms with Crippen LogP contribution in [0.15, 0.2) is 12.4 Å². The zero-order chi connectivity index (χ0) is 15.4. The van der Waals surface area contributed by atoms with Gasteiger partial charge < -0.3 is 4.74 Å². The van der Waals surface area contributed by atoms with Gasteiger partial charge in [-0.05, 0) is 6.92 Å². The SMILES string of the molecule is COC(=O)C(C)N1CCN(Cc2nccn2C(F)F)CC1. The van der Waals surface area contributed by atoms with Crippen molar-refractivity contribution in [1.82, 2.24) is 19.4 Å². The van der Waals surface area contributed by atoms with E-state index in [9.17, 15) is 13.6 Å². The molecule has 0 spiro atoms. The molecule has 1 saturated heterocycles. The van der Waals surface area contributed by atoms with Crippen LogP contribution in [0.25, 0.3) is 0 Å². The fraction of sp³-hybridized carbons (Fsp3) is 0.692. The van der Waals surface area contributed by atoms with Crippen molar-refractivity contribution in [2.24, 2.45) is 0 Å². The zero-order valence-electron chi connectivity index (χ0n) is 12.2. The normalized spacial score (nSPS) is 18.9. The molecule has 1 fully saturated rings. The van der Waals surface area contributed by atoms with E-state index in [0.717, 1.165) is 4.57 Å². The first-order chi connectivity index (χ1) is 10.0. The molecular weight excluding hydrogens is 282 g/mol. The Bertz CT molecular complexity index is 472. The van der Waals surface area contributed by atoms with Crippen molar-refractivity contribution in [3.05, 3.63) is 18.2 Å². The first-order valence-corrected chi connectivity index (χ1v) is 6.87. The molecule has 1 aromatic rings. The van der Waals surface area contributed by atoms with Crippen molar-refractivity contribution >= 4 is 5.97 Å². The Hall–Kier alpha value is -1.54. The average molecular weight is 302 g/mol. The van der Waals surface area contributed by atoms with Gasteiger partial charge in [-0.25, -0.2) is 4.98 Å². The van der Waals surface area contributed by atoms with E-state index in [-0.39, 0.29) is 12.0 Å². The largest absolute Gasteiger partial charge is 0.468 e. The number of halogens is 2. The maximum Gasteiger partial charge on any atom is 0.322 e. The van der Waals surface area contributed by atoms with E-state index in [2.05, 4.69) is 9.88 Å². The van der Waals surface area contributed by atoms with E-state index >= 15 is 0 Å². The number of piperazine rings is 1. The number of carbonyl (C=O) groups excluding carboxylic acids is 1. The number of rotatable bonds is 5. The molecule has 1 aromatic heterocycles. The molecule has 0 amide bonds.